The van der Waals surface area contributed by atoms with Gasteiger partial charge in [0, 0.05) is 25.4 Å². The van der Waals surface area contributed by atoms with Gasteiger partial charge in [-0.05, 0) is 42.2 Å². The van der Waals surface area contributed by atoms with Crippen LogP contribution in [-0.4, -0.2) is 78.8 Å². The highest BCUT2D eigenvalue weighted by atomic mass is 32.2. The Kier molecular flexibility index (Phi) is 11.5. The normalized spacial score (nSPS) is 15.3. The third-order valence-corrected chi connectivity index (χ3v) is 8.72. The second-order valence-corrected chi connectivity index (χ2v) is 14.0. The number of halogens is 2. The van der Waals surface area contributed by atoms with Gasteiger partial charge in [0.15, 0.2) is 0 Å². The number of benzene rings is 2. The van der Waals surface area contributed by atoms with Gasteiger partial charge in [-0.2, -0.15) is 0 Å². The van der Waals surface area contributed by atoms with E-state index in [2.05, 4.69) is 15.6 Å². The van der Waals surface area contributed by atoms with Gasteiger partial charge >= 0.3 is 6.09 Å². The van der Waals surface area contributed by atoms with E-state index in [-0.39, 0.29) is 25.4 Å². The van der Waals surface area contributed by atoms with Gasteiger partial charge in [-0.25, -0.2) is 27.0 Å². The number of aromatic nitrogens is 1. The summed E-state index contributed by atoms with van der Waals surface area (Å²) in [6.45, 7) is 4.19. The van der Waals surface area contributed by atoms with Crippen LogP contribution in [0.4, 0.5) is 25.1 Å². The molecule has 0 bridgehead atoms. The van der Waals surface area contributed by atoms with Crippen LogP contribution in [0, 0.1) is 17.6 Å². The van der Waals surface area contributed by atoms with Crippen molar-refractivity contribution in [1.82, 2.24) is 15.2 Å². The van der Waals surface area contributed by atoms with Gasteiger partial charge < -0.3 is 15.4 Å². The summed E-state index contributed by atoms with van der Waals surface area (Å²) in [5, 5.41) is 4.89. The smallest absolute Gasteiger partial charge is 0.410 e. The van der Waals surface area contributed by atoms with E-state index in [1.807, 2.05) is 0 Å². The predicted molar refractivity (Wildman–Crippen MR) is 173 cm³/mol. The number of fused-ring (bicyclic) bond motifs is 1. The summed E-state index contributed by atoms with van der Waals surface area (Å²) in [6, 6.07) is 11.3. The van der Waals surface area contributed by atoms with Crippen molar-refractivity contribution in [2.45, 2.75) is 51.9 Å². The summed E-state index contributed by atoms with van der Waals surface area (Å²) in [5.74, 6) is -5.26. The third-order valence-electron chi connectivity index (χ3n) is 7.79. The number of hydrogen-bond acceptors (Lipinski definition) is 8. The number of anilines is 2. The summed E-state index contributed by atoms with van der Waals surface area (Å²) in [4.78, 5) is 60.7. The zero-order valence-corrected chi connectivity index (χ0v) is 27.7. The number of carbonyl (C=O) groups is 4. The van der Waals surface area contributed by atoms with Crippen LogP contribution < -0.4 is 15.5 Å². The van der Waals surface area contributed by atoms with Crippen molar-refractivity contribution in [2.75, 3.05) is 28.8 Å². The molecule has 1 aliphatic heterocycles. The Morgan fingerprint density at radius 2 is 1.67 bits per heavy atom. The van der Waals surface area contributed by atoms with Crippen LogP contribution in [0.1, 0.15) is 31.9 Å². The molecule has 0 radical (unpaired) electrons. The summed E-state index contributed by atoms with van der Waals surface area (Å²) in [7, 11) is -3.54. The molecule has 1 aliphatic rings. The monoisotopic (exact) mass is 685 g/mol. The fourth-order valence-electron chi connectivity index (χ4n) is 5.13. The molecule has 0 aliphatic carbocycles. The van der Waals surface area contributed by atoms with Gasteiger partial charge in [0.05, 0.1) is 5.75 Å². The maximum atomic E-state index is 14.4. The molecule has 256 valence electrons. The Hall–Kier alpha value is -4.92. The first-order chi connectivity index (χ1) is 22.7. The fraction of sp³-hybridized carbons (Fsp3) is 0.364. The summed E-state index contributed by atoms with van der Waals surface area (Å²) in [6.07, 6.45) is 1.46. The van der Waals surface area contributed by atoms with Crippen molar-refractivity contribution in [3.8, 4) is 0 Å². The quantitative estimate of drug-likeness (QED) is 0.294. The van der Waals surface area contributed by atoms with E-state index in [1.165, 1.54) is 13.1 Å². The molecule has 0 saturated carbocycles. The molecular formula is C33H37F2N5O7S. The molecule has 4 amide bonds. The number of rotatable bonds is 12. The lowest BCUT2D eigenvalue weighted by Crippen LogP contribution is -2.59. The molecule has 1 aromatic heterocycles. The number of nitrogens with zero attached hydrogens (tertiary/aromatic N) is 3. The molecule has 0 fully saturated rings. The van der Waals surface area contributed by atoms with Crippen molar-refractivity contribution in [3.63, 3.8) is 0 Å². The second-order valence-electron chi connectivity index (χ2n) is 11.8. The molecule has 0 spiro atoms. The Labute approximate surface area is 277 Å². The zero-order valence-electron chi connectivity index (χ0n) is 26.9. The van der Waals surface area contributed by atoms with E-state index in [4.69, 9.17) is 4.74 Å². The van der Waals surface area contributed by atoms with Crippen LogP contribution in [0.5, 0.6) is 0 Å². The van der Waals surface area contributed by atoms with E-state index >= 15 is 0 Å². The van der Waals surface area contributed by atoms with E-state index < -0.39 is 80.8 Å². The second kappa shape index (κ2) is 15.3. The van der Waals surface area contributed by atoms with Crippen LogP contribution in [0.2, 0.25) is 0 Å². The lowest BCUT2D eigenvalue weighted by atomic mass is 10.0. The minimum absolute atomic E-state index is 0.0154. The highest BCUT2D eigenvalue weighted by Gasteiger charge is 2.44. The number of ether oxygens (including phenoxy) is 1. The number of carbonyl (C=O) groups excluding carboxylic acids is 4. The molecule has 2 aromatic carbocycles. The van der Waals surface area contributed by atoms with Gasteiger partial charge in [-0.1, -0.05) is 56.3 Å². The number of pyridine rings is 1. The average molecular weight is 686 g/mol. The Balaban J connectivity index is 1.57. The molecule has 15 heteroatoms. The van der Waals surface area contributed by atoms with Crippen molar-refractivity contribution >= 4 is 45.2 Å². The van der Waals surface area contributed by atoms with Crippen LogP contribution in [0.25, 0.3) is 0 Å². The first-order valence-electron chi connectivity index (χ1n) is 15.1. The van der Waals surface area contributed by atoms with Crippen molar-refractivity contribution in [2.24, 2.45) is 5.92 Å². The van der Waals surface area contributed by atoms with E-state index in [0.717, 1.165) is 34.3 Å². The minimum atomic E-state index is -3.54. The molecule has 3 aromatic rings. The maximum Gasteiger partial charge on any atom is 0.410 e. The number of sulfone groups is 1. The SMILES string of the molecule is CC(C)[C@H](NC(=O)[C@H](C)N(CCS(C)(=O)=O)C(=O)OCc1ccccc1)C(=O)N1c2ncccc2C[C@H]1C(=O)Nc1c(F)cccc1F. The molecule has 48 heavy (non-hydrogen) atoms. The number of nitrogens with one attached hydrogen (secondary N) is 2. The lowest BCUT2D eigenvalue weighted by Gasteiger charge is -2.33. The van der Waals surface area contributed by atoms with Crippen LogP contribution in [-0.2, 0) is 42.0 Å². The van der Waals surface area contributed by atoms with Gasteiger partial charge in [-0.3, -0.25) is 24.2 Å². The molecule has 12 nitrogen and oxygen atoms in total. The van der Waals surface area contributed by atoms with E-state index in [1.54, 1.807) is 56.3 Å². The predicted octanol–water partition coefficient (Wildman–Crippen LogP) is 3.47. The average Bonchev–Trinajstić information content (AvgIpc) is 3.43. The number of para-hydroxylation sites is 1. The van der Waals surface area contributed by atoms with Crippen LogP contribution in [0.3, 0.4) is 0 Å². The molecule has 3 atom stereocenters. The Morgan fingerprint density at radius 1 is 1.00 bits per heavy atom. The van der Waals surface area contributed by atoms with E-state index in [9.17, 15) is 36.4 Å². The summed E-state index contributed by atoms with van der Waals surface area (Å²) >= 11 is 0. The summed E-state index contributed by atoms with van der Waals surface area (Å²) in [5.41, 5.74) is 0.525. The lowest BCUT2D eigenvalue weighted by molar-refractivity contribution is -0.131. The van der Waals surface area contributed by atoms with Crippen LogP contribution in [0.15, 0.2) is 66.9 Å². The van der Waals surface area contributed by atoms with Gasteiger partial charge in [0.1, 0.15) is 57.7 Å². The fourth-order valence-corrected chi connectivity index (χ4v) is 5.66. The summed E-state index contributed by atoms with van der Waals surface area (Å²) < 4.78 is 58.1. The highest BCUT2D eigenvalue weighted by molar-refractivity contribution is 7.90. The number of hydrogen-bond donors (Lipinski definition) is 2. The standard InChI is InChI=1S/C33H37F2N5O7S/c1-20(2)27(37-30(41)21(3)39(16-17-48(4,45)46)33(44)47-19-22-10-6-5-7-11-22)32(43)40-26(18-23-12-9-15-36-29(23)40)31(42)38-28-24(34)13-8-14-25(28)35/h5-15,20-21,26-27H,16-19H2,1-4H3,(H,37,41)(H,38,42)/t21-,26-,27-/m0/s1. The molecule has 0 unspecified atom stereocenters. The molecule has 2 heterocycles. The number of amides is 4. The maximum absolute atomic E-state index is 14.4. The molecule has 0 saturated heterocycles. The molecular weight excluding hydrogens is 648 g/mol. The highest BCUT2D eigenvalue weighted by Crippen LogP contribution is 2.32. The molecule has 4 rings (SSSR count). The van der Waals surface area contributed by atoms with Crippen molar-refractivity contribution in [3.05, 3.63) is 89.6 Å². The van der Waals surface area contributed by atoms with Gasteiger partial charge in [0.25, 0.3) is 5.91 Å². The minimum Gasteiger partial charge on any atom is -0.445 e. The first-order valence-corrected chi connectivity index (χ1v) is 17.2. The van der Waals surface area contributed by atoms with Gasteiger partial charge in [0.2, 0.25) is 11.8 Å². The van der Waals surface area contributed by atoms with E-state index in [0.29, 0.717) is 11.1 Å². The van der Waals surface area contributed by atoms with Gasteiger partial charge in [-0.15, -0.1) is 0 Å². The topological polar surface area (TPSA) is 155 Å². The zero-order chi connectivity index (χ0) is 35.2. The first kappa shape index (κ1) is 35.9. The Bertz CT molecular complexity index is 1750. The Morgan fingerprint density at radius 3 is 2.29 bits per heavy atom. The molecule has 2 N–H and O–H groups in total. The largest absolute Gasteiger partial charge is 0.445 e. The van der Waals surface area contributed by atoms with Crippen molar-refractivity contribution in [1.29, 1.82) is 0 Å². The van der Waals surface area contributed by atoms with Crippen molar-refractivity contribution < 1.29 is 41.1 Å². The third kappa shape index (κ3) is 8.70. The van der Waals surface area contributed by atoms with Crippen LogP contribution >= 0.6 is 0 Å².